The highest BCUT2D eigenvalue weighted by Gasteiger charge is 2.33. The van der Waals surface area contributed by atoms with E-state index in [1.165, 1.54) is 12.1 Å². The molecular weight excluding hydrogens is 217 g/mol. The van der Waals surface area contributed by atoms with Crippen LogP contribution in [0.5, 0.6) is 0 Å². The number of halogens is 3. The van der Waals surface area contributed by atoms with Gasteiger partial charge in [0, 0.05) is 6.61 Å². The van der Waals surface area contributed by atoms with Crippen LogP contribution in [0.15, 0.2) is 24.3 Å². The second-order valence-corrected chi connectivity index (χ2v) is 4.34. The molecule has 0 radical (unpaired) electrons. The molecule has 0 amide bonds. The third-order valence-electron chi connectivity index (χ3n) is 3.18. The molecule has 0 saturated heterocycles. The molecule has 1 aromatic rings. The van der Waals surface area contributed by atoms with Gasteiger partial charge in [-0.15, -0.1) is 0 Å². The molecule has 0 heterocycles. The number of benzene rings is 1. The molecule has 1 saturated carbocycles. The summed E-state index contributed by atoms with van der Waals surface area (Å²) in [7, 11) is 0. The lowest BCUT2D eigenvalue weighted by molar-refractivity contribution is -0.137. The average molecular weight is 230 g/mol. The van der Waals surface area contributed by atoms with Crippen LogP contribution in [0.4, 0.5) is 13.2 Å². The maximum Gasteiger partial charge on any atom is 0.416 e. The number of aliphatic hydroxyl groups is 1. The smallest absolute Gasteiger partial charge is 0.396 e. The van der Waals surface area contributed by atoms with Crippen molar-refractivity contribution in [2.45, 2.75) is 24.9 Å². The summed E-state index contributed by atoms with van der Waals surface area (Å²) in [5.41, 5.74) is 0.150. The molecule has 88 valence electrons. The molecule has 1 aromatic carbocycles. The lowest BCUT2D eigenvalue weighted by Crippen LogP contribution is -2.24. The quantitative estimate of drug-likeness (QED) is 0.827. The SMILES string of the molecule is OCC1CC(c2cccc(C(F)(F)F)c2)C1. The topological polar surface area (TPSA) is 20.2 Å². The van der Waals surface area contributed by atoms with E-state index in [9.17, 15) is 13.2 Å². The highest BCUT2D eigenvalue weighted by molar-refractivity contribution is 5.29. The van der Waals surface area contributed by atoms with Gasteiger partial charge < -0.3 is 5.11 Å². The van der Waals surface area contributed by atoms with E-state index in [-0.39, 0.29) is 18.4 Å². The zero-order chi connectivity index (χ0) is 11.8. The Balaban J connectivity index is 2.12. The third kappa shape index (κ3) is 2.21. The summed E-state index contributed by atoms with van der Waals surface area (Å²) in [5.74, 6) is 0.444. The number of alkyl halides is 3. The Morgan fingerprint density at radius 2 is 1.94 bits per heavy atom. The van der Waals surface area contributed by atoms with Crippen LogP contribution in [0.1, 0.15) is 29.9 Å². The lowest BCUT2D eigenvalue weighted by atomic mass is 9.71. The van der Waals surface area contributed by atoms with Crippen LogP contribution < -0.4 is 0 Å². The number of hydrogen-bond donors (Lipinski definition) is 1. The van der Waals surface area contributed by atoms with Gasteiger partial charge in [-0.25, -0.2) is 0 Å². The fourth-order valence-corrected chi connectivity index (χ4v) is 2.13. The maximum atomic E-state index is 12.5. The van der Waals surface area contributed by atoms with Crippen LogP contribution in [-0.4, -0.2) is 11.7 Å². The van der Waals surface area contributed by atoms with Gasteiger partial charge in [0.2, 0.25) is 0 Å². The summed E-state index contributed by atoms with van der Waals surface area (Å²) in [6, 6.07) is 5.49. The molecule has 0 bridgehead atoms. The molecule has 0 spiro atoms. The van der Waals surface area contributed by atoms with E-state index in [0.717, 1.165) is 24.5 Å². The monoisotopic (exact) mass is 230 g/mol. The third-order valence-corrected chi connectivity index (χ3v) is 3.18. The molecule has 1 aliphatic rings. The Hall–Kier alpha value is -1.03. The molecule has 0 unspecified atom stereocenters. The van der Waals surface area contributed by atoms with Crippen LogP contribution in [0.2, 0.25) is 0 Å². The van der Waals surface area contributed by atoms with Crippen molar-refractivity contribution < 1.29 is 18.3 Å². The van der Waals surface area contributed by atoms with E-state index >= 15 is 0 Å². The molecule has 16 heavy (non-hydrogen) atoms. The number of hydrogen-bond acceptors (Lipinski definition) is 1. The fourth-order valence-electron chi connectivity index (χ4n) is 2.13. The molecule has 1 N–H and O–H groups in total. The van der Waals surface area contributed by atoms with Crippen LogP contribution in [0, 0.1) is 5.92 Å². The van der Waals surface area contributed by atoms with E-state index in [2.05, 4.69) is 0 Å². The average Bonchev–Trinajstić information content (AvgIpc) is 2.15. The van der Waals surface area contributed by atoms with Crippen molar-refractivity contribution in [1.29, 1.82) is 0 Å². The van der Waals surface area contributed by atoms with Gasteiger partial charge in [0.05, 0.1) is 5.56 Å². The van der Waals surface area contributed by atoms with Gasteiger partial charge in [0.25, 0.3) is 0 Å². The zero-order valence-electron chi connectivity index (χ0n) is 8.67. The molecule has 0 aromatic heterocycles. The summed E-state index contributed by atoms with van der Waals surface area (Å²) >= 11 is 0. The van der Waals surface area contributed by atoms with Gasteiger partial charge in [-0.2, -0.15) is 13.2 Å². The molecular formula is C12H13F3O. The fraction of sp³-hybridized carbons (Fsp3) is 0.500. The highest BCUT2D eigenvalue weighted by atomic mass is 19.4. The van der Waals surface area contributed by atoms with E-state index in [0.29, 0.717) is 0 Å². The Morgan fingerprint density at radius 1 is 1.25 bits per heavy atom. The van der Waals surface area contributed by atoms with Gasteiger partial charge in [0.15, 0.2) is 0 Å². The van der Waals surface area contributed by atoms with Crippen LogP contribution in [-0.2, 0) is 6.18 Å². The van der Waals surface area contributed by atoms with Gasteiger partial charge in [-0.05, 0) is 36.3 Å². The first-order valence-electron chi connectivity index (χ1n) is 5.28. The van der Waals surface area contributed by atoms with Crippen molar-refractivity contribution in [3.63, 3.8) is 0 Å². The van der Waals surface area contributed by atoms with Crippen molar-refractivity contribution in [3.05, 3.63) is 35.4 Å². The highest BCUT2D eigenvalue weighted by Crippen LogP contribution is 2.42. The Bertz CT molecular complexity index is 367. The van der Waals surface area contributed by atoms with Crippen molar-refractivity contribution >= 4 is 0 Å². The van der Waals surface area contributed by atoms with Crippen molar-refractivity contribution in [3.8, 4) is 0 Å². The summed E-state index contributed by atoms with van der Waals surface area (Å²) in [5, 5.41) is 8.85. The Labute approximate surface area is 91.9 Å². The second-order valence-electron chi connectivity index (χ2n) is 4.34. The van der Waals surface area contributed by atoms with E-state index in [4.69, 9.17) is 5.11 Å². The predicted octanol–water partition coefficient (Wildman–Crippen LogP) is 3.19. The van der Waals surface area contributed by atoms with Crippen molar-refractivity contribution in [2.75, 3.05) is 6.61 Å². The van der Waals surface area contributed by atoms with Gasteiger partial charge in [-0.3, -0.25) is 0 Å². The molecule has 0 atom stereocenters. The van der Waals surface area contributed by atoms with Crippen LogP contribution in [0.25, 0.3) is 0 Å². The van der Waals surface area contributed by atoms with Gasteiger partial charge in [0.1, 0.15) is 0 Å². The molecule has 1 fully saturated rings. The lowest BCUT2D eigenvalue weighted by Gasteiger charge is -2.34. The van der Waals surface area contributed by atoms with Crippen molar-refractivity contribution in [2.24, 2.45) is 5.92 Å². The molecule has 1 aliphatic carbocycles. The van der Waals surface area contributed by atoms with E-state index in [1.54, 1.807) is 6.07 Å². The minimum atomic E-state index is -4.27. The number of aliphatic hydroxyl groups excluding tert-OH is 1. The van der Waals surface area contributed by atoms with Crippen LogP contribution in [0.3, 0.4) is 0 Å². The molecule has 2 rings (SSSR count). The first-order chi connectivity index (χ1) is 7.50. The molecule has 4 heteroatoms. The Morgan fingerprint density at radius 3 is 2.50 bits per heavy atom. The van der Waals surface area contributed by atoms with Crippen molar-refractivity contribution in [1.82, 2.24) is 0 Å². The van der Waals surface area contributed by atoms with E-state index in [1.807, 2.05) is 0 Å². The normalized spacial score (nSPS) is 25.2. The summed E-state index contributed by atoms with van der Waals surface area (Å²) < 4.78 is 37.4. The maximum absolute atomic E-state index is 12.5. The van der Waals surface area contributed by atoms with E-state index < -0.39 is 11.7 Å². The molecule has 0 aliphatic heterocycles. The standard InChI is InChI=1S/C12H13F3O/c13-12(14,15)11-3-1-2-9(6-11)10-4-8(5-10)7-16/h1-3,6,8,10,16H,4-5,7H2. The summed E-state index contributed by atoms with van der Waals surface area (Å²) in [4.78, 5) is 0. The minimum absolute atomic E-state index is 0.134. The summed E-state index contributed by atoms with van der Waals surface area (Å²) in [6.07, 6.45) is -2.69. The van der Waals surface area contributed by atoms with Crippen LogP contribution >= 0.6 is 0 Å². The Kier molecular flexibility index (Phi) is 2.93. The molecule has 1 nitrogen and oxygen atoms in total. The zero-order valence-corrected chi connectivity index (χ0v) is 8.67. The summed E-state index contributed by atoms with van der Waals surface area (Å²) in [6.45, 7) is 0.134. The first kappa shape index (κ1) is 11.5. The number of rotatable bonds is 2. The van der Waals surface area contributed by atoms with Gasteiger partial charge in [-0.1, -0.05) is 18.2 Å². The van der Waals surface area contributed by atoms with Gasteiger partial charge >= 0.3 is 6.18 Å². The largest absolute Gasteiger partial charge is 0.416 e. The second kappa shape index (κ2) is 4.09. The first-order valence-corrected chi connectivity index (χ1v) is 5.28. The predicted molar refractivity (Wildman–Crippen MR) is 54.0 cm³/mol. The minimum Gasteiger partial charge on any atom is -0.396 e.